The van der Waals surface area contributed by atoms with Gasteiger partial charge in [-0.3, -0.25) is 11.3 Å². The number of hydrogen-bond acceptors (Lipinski definition) is 3. The third kappa shape index (κ3) is 3.56. The van der Waals surface area contributed by atoms with Crippen LogP contribution in [0.1, 0.15) is 17.2 Å². The normalized spacial score (nSPS) is 12.2. The summed E-state index contributed by atoms with van der Waals surface area (Å²) in [6, 6.07) is 16.2. The smallest absolute Gasteiger partial charge is 0.118 e. The van der Waals surface area contributed by atoms with E-state index in [0.717, 1.165) is 22.2 Å². The summed E-state index contributed by atoms with van der Waals surface area (Å²) in [5.41, 5.74) is 5.23. The highest BCUT2D eigenvalue weighted by atomic mass is 79.9. The minimum atomic E-state index is 0.0737. The van der Waals surface area contributed by atoms with E-state index in [9.17, 15) is 0 Å². The second kappa shape index (κ2) is 6.70. The van der Waals surface area contributed by atoms with Crippen LogP contribution < -0.4 is 16.0 Å². The molecule has 0 radical (unpaired) electrons. The maximum atomic E-state index is 5.68. The van der Waals surface area contributed by atoms with Crippen LogP contribution in [-0.2, 0) is 6.42 Å². The fourth-order valence-electron chi connectivity index (χ4n) is 1.99. The minimum absolute atomic E-state index is 0.0737. The summed E-state index contributed by atoms with van der Waals surface area (Å²) in [7, 11) is 1.66. The fraction of sp³-hybridized carbons (Fsp3) is 0.200. The van der Waals surface area contributed by atoms with Crippen LogP contribution in [0.2, 0.25) is 0 Å². The predicted molar refractivity (Wildman–Crippen MR) is 80.9 cm³/mol. The molecule has 3 N–H and O–H groups in total. The summed E-state index contributed by atoms with van der Waals surface area (Å²) < 4.78 is 6.26. The average molecular weight is 321 g/mol. The number of hydrazine groups is 1. The van der Waals surface area contributed by atoms with Gasteiger partial charge in [0.05, 0.1) is 13.2 Å². The highest BCUT2D eigenvalue weighted by molar-refractivity contribution is 9.10. The van der Waals surface area contributed by atoms with E-state index < -0.39 is 0 Å². The standard InChI is InChI=1S/C15H17BrN2O/c1-19-13-8-6-11(7-9-13)15(18-17)10-12-4-2-3-5-14(12)16/h2-9,15,18H,10,17H2,1H3. The molecule has 3 nitrogen and oxygen atoms in total. The van der Waals surface area contributed by atoms with Crippen LogP contribution in [0.5, 0.6) is 5.75 Å². The van der Waals surface area contributed by atoms with Crippen molar-refractivity contribution in [3.63, 3.8) is 0 Å². The Balaban J connectivity index is 2.17. The summed E-state index contributed by atoms with van der Waals surface area (Å²) in [4.78, 5) is 0. The molecule has 2 aromatic rings. The number of rotatable bonds is 5. The molecule has 0 saturated heterocycles. The molecule has 0 fully saturated rings. The molecule has 100 valence electrons. The first kappa shape index (κ1) is 14.1. The molecule has 0 bridgehead atoms. The van der Waals surface area contributed by atoms with Gasteiger partial charge >= 0.3 is 0 Å². The molecule has 4 heteroatoms. The van der Waals surface area contributed by atoms with Crippen LogP contribution in [0.25, 0.3) is 0 Å². The molecule has 0 aliphatic carbocycles. The Hall–Kier alpha value is -1.36. The van der Waals surface area contributed by atoms with E-state index in [-0.39, 0.29) is 6.04 Å². The zero-order valence-electron chi connectivity index (χ0n) is 10.8. The van der Waals surface area contributed by atoms with Gasteiger partial charge in [0.2, 0.25) is 0 Å². The number of hydrogen-bond donors (Lipinski definition) is 2. The number of halogens is 1. The van der Waals surface area contributed by atoms with Crippen molar-refractivity contribution < 1.29 is 4.74 Å². The Kier molecular flexibility index (Phi) is 4.96. The second-order valence-corrected chi connectivity index (χ2v) is 5.14. The SMILES string of the molecule is COc1ccc(C(Cc2ccccc2Br)NN)cc1. The van der Waals surface area contributed by atoms with Gasteiger partial charge in [0.15, 0.2) is 0 Å². The Morgan fingerprint density at radius 2 is 1.84 bits per heavy atom. The summed E-state index contributed by atoms with van der Waals surface area (Å²) in [6.45, 7) is 0. The van der Waals surface area contributed by atoms with E-state index in [0.29, 0.717) is 0 Å². The van der Waals surface area contributed by atoms with Crippen molar-refractivity contribution in [2.45, 2.75) is 12.5 Å². The monoisotopic (exact) mass is 320 g/mol. The van der Waals surface area contributed by atoms with E-state index in [4.69, 9.17) is 10.6 Å². The molecule has 19 heavy (non-hydrogen) atoms. The zero-order chi connectivity index (χ0) is 13.7. The molecule has 0 saturated carbocycles. The van der Waals surface area contributed by atoms with E-state index in [2.05, 4.69) is 27.4 Å². The topological polar surface area (TPSA) is 47.3 Å². The highest BCUT2D eigenvalue weighted by Crippen LogP contribution is 2.24. The molecule has 0 heterocycles. The van der Waals surface area contributed by atoms with Gasteiger partial charge in [-0.1, -0.05) is 46.3 Å². The van der Waals surface area contributed by atoms with Gasteiger partial charge in [0.1, 0.15) is 5.75 Å². The molecule has 2 aromatic carbocycles. The predicted octanol–water partition coefficient (Wildman–Crippen LogP) is 3.20. The lowest BCUT2D eigenvalue weighted by molar-refractivity contribution is 0.414. The molecule has 0 aliphatic rings. The quantitative estimate of drug-likeness (QED) is 0.657. The van der Waals surface area contributed by atoms with Gasteiger partial charge in [0.25, 0.3) is 0 Å². The van der Waals surface area contributed by atoms with Crippen molar-refractivity contribution in [3.05, 3.63) is 64.1 Å². The molecule has 0 aromatic heterocycles. The van der Waals surface area contributed by atoms with Crippen molar-refractivity contribution >= 4 is 15.9 Å². The van der Waals surface area contributed by atoms with Crippen LogP contribution >= 0.6 is 15.9 Å². The molecular weight excluding hydrogens is 304 g/mol. The molecule has 0 spiro atoms. The third-order valence-corrected chi connectivity index (χ3v) is 3.87. The molecule has 2 rings (SSSR count). The van der Waals surface area contributed by atoms with Crippen LogP contribution in [0.3, 0.4) is 0 Å². The van der Waals surface area contributed by atoms with E-state index in [1.54, 1.807) is 7.11 Å². The molecule has 0 aliphatic heterocycles. The fourth-order valence-corrected chi connectivity index (χ4v) is 2.44. The van der Waals surface area contributed by atoms with Gasteiger partial charge in [-0.2, -0.15) is 0 Å². The van der Waals surface area contributed by atoms with Gasteiger partial charge in [-0.25, -0.2) is 0 Å². The van der Waals surface area contributed by atoms with Crippen LogP contribution in [-0.4, -0.2) is 7.11 Å². The lowest BCUT2D eigenvalue weighted by atomic mass is 9.99. The molecule has 1 atom stereocenters. The number of nitrogens with two attached hydrogens (primary N) is 1. The van der Waals surface area contributed by atoms with Crippen molar-refractivity contribution in [1.82, 2.24) is 5.43 Å². The van der Waals surface area contributed by atoms with Crippen LogP contribution in [0.4, 0.5) is 0 Å². The summed E-state index contributed by atoms with van der Waals surface area (Å²) in [5, 5.41) is 0. The molecule has 0 amide bonds. The Morgan fingerprint density at radius 1 is 1.16 bits per heavy atom. The van der Waals surface area contributed by atoms with Crippen LogP contribution in [0.15, 0.2) is 53.0 Å². The summed E-state index contributed by atoms with van der Waals surface area (Å²) in [5.74, 6) is 6.52. The molecule has 1 unspecified atom stereocenters. The van der Waals surface area contributed by atoms with E-state index >= 15 is 0 Å². The number of ether oxygens (including phenoxy) is 1. The largest absolute Gasteiger partial charge is 0.497 e. The second-order valence-electron chi connectivity index (χ2n) is 4.29. The minimum Gasteiger partial charge on any atom is -0.497 e. The maximum Gasteiger partial charge on any atom is 0.118 e. The van der Waals surface area contributed by atoms with E-state index in [1.807, 2.05) is 42.5 Å². The first-order valence-electron chi connectivity index (χ1n) is 6.08. The van der Waals surface area contributed by atoms with Crippen LogP contribution in [0, 0.1) is 0 Å². The van der Waals surface area contributed by atoms with Crippen molar-refractivity contribution in [3.8, 4) is 5.75 Å². The highest BCUT2D eigenvalue weighted by Gasteiger charge is 2.12. The number of methoxy groups -OCH3 is 1. The first-order chi connectivity index (χ1) is 9.24. The zero-order valence-corrected chi connectivity index (χ0v) is 12.4. The number of benzene rings is 2. The average Bonchev–Trinajstić information content (AvgIpc) is 2.47. The van der Waals surface area contributed by atoms with Gasteiger partial charge in [0, 0.05) is 4.47 Å². The summed E-state index contributed by atoms with van der Waals surface area (Å²) >= 11 is 3.56. The summed E-state index contributed by atoms with van der Waals surface area (Å²) in [6.07, 6.45) is 0.824. The maximum absolute atomic E-state index is 5.68. The van der Waals surface area contributed by atoms with E-state index in [1.165, 1.54) is 5.56 Å². The van der Waals surface area contributed by atoms with Gasteiger partial charge < -0.3 is 4.74 Å². The molecular formula is C15H17BrN2O. The Labute approximate surface area is 121 Å². The van der Waals surface area contributed by atoms with Crippen molar-refractivity contribution in [2.75, 3.05) is 7.11 Å². The Morgan fingerprint density at radius 3 is 2.42 bits per heavy atom. The van der Waals surface area contributed by atoms with Crippen molar-refractivity contribution in [2.24, 2.45) is 5.84 Å². The van der Waals surface area contributed by atoms with Gasteiger partial charge in [-0.15, -0.1) is 0 Å². The first-order valence-corrected chi connectivity index (χ1v) is 6.87. The number of nitrogens with one attached hydrogen (secondary N) is 1. The van der Waals surface area contributed by atoms with Crippen molar-refractivity contribution in [1.29, 1.82) is 0 Å². The third-order valence-electron chi connectivity index (χ3n) is 3.10. The lowest BCUT2D eigenvalue weighted by Gasteiger charge is -2.17. The van der Waals surface area contributed by atoms with Gasteiger partial charge in [-0.05, 0) is 35.7 Å². The lowest BCUT2D eigenvalue weighted by Crippen LogP contribution is -2.29. The Bertz CT molecular complexity index is 528.